The minimum absolute atomic E-state index is 0.0252. The van der Waals surface area contributed by atoms with Crippen molar-refractivity contribution in [2.75, 3.05) is 0 Å². The zero-order chi connectivity index (χ0) is 9.26. The Kier molecular flexibility index (Phi) is 2.28. The molecule has 2 atom stereocenters. The van der Waals surface area contributed by atoms with Crippen molar-refractivity contribution in [1.82, 2.24) is 10.2 Å². The van der Waals surface area contributed by atoms with E-state index < -0.39 is 0 Å². The van der Waals surface area contributed by atoms with E-state index in [1.165, 1.54) is 0 Å². The lowest BCUT2D eigenvalue weighted by Crippen LogP contribution is -2.01. The highest BCUT2D eigenvalue weighted by molar-refractivity contribution is 4.89. The summed E-state index contributed by atoms with van der Waals surface area (Å²) in [5, 5.41) is 7.66. The van der Waals surface area contributed by atoms with Crippen molar-refractivity contribution in [3.63, 3.8) is 0 Å². The zero-order valence-electron chi connectivity index (χ0n) is 7.56. The molecule has 2 heterocycles. The van der Waals surface area contributed by atoms with Gasteiger partial charge in [0.15, 0.2) is 0 Å². The van der Waals surface area contributed by atoms with Gasteiger partial charge in [0.25, 0.3) is 0 Å². The lowest BCUT2D eigenvalue weighted by Gasteiger charge is -2.04. The molecule has 0 spiro atoms. The summed E-state index contributed by atoms with van der Waals surface area (Å²) in [5.74, 6) is 1.03. The molecule has 0 saturated carbocycles. The number of hydrogen-bond acceptors (Lipinski definition) is 5. The second kappa shape index (κ2) is 3.43. The van der Waals surface area contributed by atoms with E-state index in [9.17, 15) is 0 Å². The molecule has 0 radical (unpaired) electrons. The summed E-state index contributed by atoms with van der Waals surface area (Å²) in [6, 6.07) is 0. The molecule has 2 rings (SSSR count). The molecule has 5 heteroatoms. The van der Waals surface area contributed by atoms with Gasteiger partial charge < -0.3 is 14.9 Å². The van der Waals surface area contributed by atoms with Gasteiger partial charge in [0.05, 0.1) is 12.6 Å². The van der Waals surface area contributed by atoms with Crippen LogP contribution in [0, 0.1) is 0 Å². The average molecular weight is 183 g/mol. The summed E-state index contributed by atoms with van der Waals surface area (Å²) in [4.78, 5) is 0. The topological polar surface area (TPSA) is 74.2 Å². The fourth-order valence-electron chi connectivity index (χ4n) is 1.46. The van der Waals surface area contributed by atoms with Gasteiger partial charge in [-0.15, -0.1) is 10.2 Å². The maximum Gasteiger partial charge on any atom is 0.245 e. The Bertz CT molecular complexity index is 287. The number of hydrogen-bond donors (Lipinski definition) is 1. The highest BCUT2D eigenvalue weighted by atomic mass is 16.5. The van der Waals surface area contributed by atoms with Gasteiger partial charge in [0, 0.05) is 0 Å². The number of nitrogens with two attached hydrogens (primary N) is 1. The van der Waals surface area contributed by atoms with Crippen molar-refractivity contribution >= 4 is 0 Å². The van der Waals surface area contributed by atoms with Gasteiger partial charge in [-0.05, 0) is 19.8 Å². The SMILES string of the molecule is CC1CCC(c2nnc(CN)o2)O1. The van der Waals surface area contributed by atoms with E-state index in [1.54, 1.807) is 0 Å². The summed E-state index contributed by atoms with van der Waals surface area (Å²) in [5.41, 5.74) is 5.35. The normalized spacial score (nSPS) is 28.2. The molecule has 1 aromatic heterocycles. The van der Waals surface area contributed by atoms with Crippen molar-refractivity contribution in [3.05, 3.63) is 11.8 Å². The lowest BCUT2D eigenvalue weighted by molar-refractivity contribution is 0.0384. The molecule has 2 N–H and O–H groups in total. The van der Waals surface area contributed by atoms with Crippen molar-refractivity contribution in [2.45, 2.75) is 38.5 Å². The quantitative estimate of drug-likeness (QED) is 0.733. The fraction of sp³-hybridized carbons (Fsp3) is 0.750. The van der Waals surface area contributed by atoms with E-state index >= 15 is 0 Å². The lowest BCUT2D eigenvalue weighted by atomic mass is 10.2. The summed E-state index contributed by atoms with van der Waals surface area (Å²) in [6.07, 6.45) is 2.26. The summed E-state index contributed by atoms with van der Waals surface area (Å²) in [7, 11) is 0. The second-order valence-electron chi connectivity index (χ2n) is 3.25. The Labute approximate surface area is 76.3 Å². The van der Waals surface area contributed by atoms with E-state index in [-0.39, 0.29) is 12.6 Å². The summed E-state index contributed by atoms with van der Waals surface area (Å²) >= 11 is 0. The predicted molar refractivity (Wildman–Crippen MR) is 44.7 cm³/mol. The van der Waals surface area contributed by atoms with Crippen LogP contribution in [-0.4, -0.2) is 16.3 Å². The monoisotopic (exact) mass is 183 g/mol. The Hall–Kier alpha value is -0.940. The molecule has 72 valence electrons. The van der Waals surface area contributed by atoms with Gasteiger partial charge in [0.2, 0.25) is 11.8 Å². The van der Waals surface area contributed by atoms with Gasteiger partial charge >= 0.3 is 0 Å². The van der Waals surface area contributed by atoms with Crippen molar-refractivity contribution in [3.8, 4) is 0 Å². The molecule has 1 aliphatic heterocycles. The van der Waals surface area contributed by atoms with Gasteiger partial charge in [-0.3, -0.25) is 0 Å². The van der Waals surface area contributed by atoms with Crippen LogP contribution >= 0.6 is 0 Å². The zero-order valence-corrected chi connectivity index (χ0v) is 7.56. The van der Waals surface area contributed by atoms with Crippen LogP contribution in [0.25, 0.3) is 0 Å². The first-order chi connectivity index (χ1) is 6.29. The van der Waals surface area contributed by atoms with Gasteiger partial charge in [0.1, 0.15) is 6.10 Å². The van der Waals surface area contributed by atoms with Gasteiger partial charge in [-0.2, -0.15) is 0 Å². The van der Waals surface area contributed by atoms with Gasteiger partial charge in [-0.1, -0.05) is 0 Å². The Morgan fingerprint density at radius 3 is 2.85 bits per heavy atom. The largest absolute Gasteiger partial charge is 0.421 e. The van der Waals surface area contributed by atoms with Crippen LogP contribution in [0.3, 0.4) is 0 Å². The van der Waals surface area contributed by atoms with Crippen molar-refractivity contribution in [1.29, 1.82) is 0 Å². The average Bonchev–Trinajstić information content (AvgIpc) is 2.71. The summed E-state index contributed by atoms with van der Waals surface area (Å²) < 4.78 is 10.9. The van der Waals surface area contributed by atoms with Crippen LogP contribution < -0.4 is 5.73 Å². The van der Waals surface area contributed by atoms with Crippen LogP contribution in [0.15, 0.2) is 4.42 Å². The molecule has 1 aliphatic rings. The van der Waals surface area contributed by atoms with E-state index in [2.05, 4.69) is 10.2 Å². The van der Waals surface area contributed by atoms with E-state index in [4.69, 9.17) is 14.9 Å². The van der Waals surface area contributed by atoms with E-state index in [1.807, 2.05) is 6.92 Å². The van der Waals surface area contributed by atoms with Crippen LogP contribution in [0.1, 0.15) is 37.7 Å². The Morgan fingerprint density at radius 1 is 1.46 bits per heavy atom. The highest BCUT2D eigenvalue weighted by Crippen LogP contribution is 2.31. The Balaban J connectivity index is 2.08. The van der Waals surface area contributed by atoms with E-state index in [0.717, 1.165) is 12.8 Å². The summed E-state index contributed by atoms with van der Waals surface area (Å²) in [6.45, 7) is 2.33. The Morgan fingerprint density at radius 2 is 2.31 bits per heavy atom. The molecule has 1 saturated heterocycles. The minimum atomic E-state index is -0.0252. The van der Waals surface area contributed by atoms with E-state index in [0.29, 0.717) is 17.9 Å². The first-order valence-electron chi connectivity index (χ1n) is 4.47. The molecular formula is C8H13N3O2. The maximum atomic E-state index is 5.57. The second-order valence-corrected chi connectivity index (χ2v) is 3.25. The molecule has 5 nitrogen and oxygen atoms in total. The van der Waals surface area contributed by atoms with Crippen molar-refractivity contribution in [2.24, 2.45) is 5.73 Å². The third kappa shape index (κ3) is 1.71. The maximum absolute atomic E-state index is 5.57. The number of nitrogens with zero attached hydrogens (tertiary/aromatic N) is 2. The van der Waals surface area contributed by atoms with Crippen LogP contribution in [0.5, 0.6) is 0 Å². The molecule has 13 heavy (non-hydrogen) atoms. The molecule has 0 aromatic carbocycles. The van der Waals surface area contributed by atoms with Gasteiger partial charge in [-0.25, -0.2) is 0 Å². The first-order valence-corrected chi connectivity index (χ1v) is 4.47. The first kappa shape index (κ1) is 8.65. The number of aromatic nitrogens is 2. The molecule has 2 unspecified atom stereocenters. The highest BCUT2D eigenvalue weighted by Gasteiger charge is 2.27. The van der Waals surface area contributed by atoms with Crippen LogP contribution in [-0.2, 0) is 11.3 Å². The molecule has 0 aliphatic carbocycles. The van der Waals surface area contributed by atoms with Crippen molar-refractivity contribution < 1.29 is 9.15 Å². The molecular weight excluding hydrogens is 170 g/mol. The predicted octanol–water partition coefficient (Wildman–Crippen LogP) is 0.768. The standard InChI is InChI=1S/C8H13N3O2/c1-5-2-3-6(12-5)8-11-10-7(4-9)13-8/h5-6H,2-4,9H2,1H3. The number of rotatable bonds is 2. The van der Waals surface area contributed by atoms with Crippen LogP contribution in [0.2, 0.25) is 0 Å². The smallest absolute Gasteiger partial charge is 0.245 e. The molecule has 1 aromatic rings. The number of ether oxygens (including phenoxy) is 1. The third-order valence-corrected chi connectivity index (χ3v) is 2.16. The molecule has 0 amide bonds. The molecule has 0 bridgehead atoms. The third-order valence-electron chi connectivity index (χ3n) is 2.16. The fourth-order valence-corrected chi connectivity index (χ4v) is 1.46. The van der Waals surface area contributed by atoms with Crippen LogP contribution in [0.4, 0.5) is 0 Å². The minimum Gasteiger partial charge on any atom is -0.421 e. The molecule has 1 fully saturated rings.